The number of carbonyl (C=O) groups is 3. The summed E-state index contributed by atoms with van der Waals surface area (Å²) in [5.74, 6) is -1.08. The van der Waals surface area contributed by atoms with Crippen LogP contribution in [-0.2, 0) is 20.9 Å². The summed E-state index contributed by atoms with van der Waals surface area (Å²) in [6, 6.07) is 14.5. The zero-order valence-electron chi connectivity index (χ0n) is 15.4. The minimum absolute atomic E-state index is 0.0868. The number of hydrazine groups is 1. The van der Waals surface area contributed by atoms with Crippen LogP contribution in [0.25, 0.3) is 0 Å². The van der Waals surface area contributed by atoms with E-state index in [1.807, 2.05) is 30.3 Å². The molecule has 0 bridgehead atoms. The zero-order chi connectivity index (χ0) is 20.8. The summed E-state index contributed by atoms with van der Waals surface area (Å²) in [6.45, 7) is 0.480. The topological polar surface area (TPSA) is 87.7 Å². The van der Waals surface area contributed by atoms with Gasteiger partial charge in [0.05, 0.1) is 10.4 Å². The Labute approximate surface area is 181 Å². The molecule has 9 heteroatoms. The van der Waals surface area contributed by atoms with Gasteiger partial charge in [0.15, 0.2) is 6.61 Å². The summed E-state index contributed by atoms with van der Waals surface area (Å²) >= 11 is 9.14. The molecule has 3 amide bonds. The van der Waals surface area contributed by atoms with Crippen LogP contribution in [0.1, 0.15) is 12.0 Å². The first-order valence-corrected chi connectivity index (χ1v) is 10.1. The number of likely N-dealkylation sites (tertiary alicyclic amines) is 1. The number of carbonyl (C=O) groups excluding carboxylic acids is 3. The van der Waals surface area contributed by atoms with Crippen molar-refractivity contribution >= 4 is 45.3 Å². The van der Waals surface area contributed by atoms with E-state index in [0.717, 1.165) is 5.56 Å². The second-order valence-corrected chi connectivity index (χ2v) is 7.85. The normalized spacial score (nSPS) is 15.9. The molecule has 1 heterocycles. The molecule has 0 radical (unpaired) electrons. The summed E-state index contributed by atoms with van der Waals surface area (Å²) < 4.78 is 6.00. The van der Waals surface area contributed by atoms with Crippen molar-refractivity contribution in [3.8, 4) is 5.75 Å². The molecule has 3 rings (SSSR count). The first kappa shape index (κ1) is 21.1. The number of rotatable bonds is 6. The van der Waals surface area contributed by atoms with E-state index >= 15 is 0 Å². The van der Waals surface area contributed by atoms with Crippen molar-refractivity contribution in [2.75, 3.05) is 13.2 Å². The van der Waals surface area contributed by atoms with E-state index in [1.54, 1.807) is 23.1 Å². The Bertz CT molecular complexity index is 910. The van der Waals surface area contributed by atoms with Crippen LogP contribution in [0.5, 0.6) is 5.75 Å². The van der Waals surface area contributed by atoms with Crippen LogP contribution in [0.4, 0.5) is 0 Å². The lowest BCUT2D eigenvalue weighted by Gasteiger charge is -2.17. The Hall–Kier alpha value is -2.58. The summed E-state index contributed by atoms with van der Waals surface area (Å²) in [5.41, 5.74) is 5.66. The number of hydrogen-bond donors (Lipinski definition) is 2. The van der Waals surface area contributed by atoms with E-state index in [2.05, 4.69) is 26.8 Å². The molecule has 1 aliphatic heterocycles. The van der Waals surface area contributed by atoms with Gasteiger partial charge < -0.3 is 9.64 Å². The molecular weight excluding hydrogens is 462 g/mol. The standard InChI is InChI=1S/C20H19BrClN3O4/c21-16-9-15(22)6-7-17(16)29-12-18(26)23-24-20(28)14-8-19(27)25(11-14)10-13-4-2-1-3-5-13/h1-7,9,14H,8,10-12H2,(H,23,26)(H,24,28). The van der Waals surface area contributed by atoms with Crippen molar-refractivity contribution in [3.05, 3.63) is 63.6 Å². The van der Waals surface area contributed by atoms with Crippen LogP contribution in [0.2, 0.25) is 5.02 Å². The molecule has 2 aromatic rings. The molecule has 29 heavy (non-hydrogen) atoms. The second-order valence-electron chi connectivity index (χ2n) is 6.56. The maximum absolute atomic E-state index is 12.3. The minimum atomic E-state index is -0.523. The maximum atomic E-state index is 12.3. The fraction of sp³-hybridized carbons (Fsp3) is 0.250. The van der Waals surface area contributed by atoms with Crippen LogP contribution in [-0.4, -0.2) is 35.8 Å². The van der Waals surface area contributed by atoms with Crippen LogP contribution in [0.15, 0.2) is 53.0 Å². The highest BCUT2D eigenvalue weighted by molar-refractivity contribution is 9.10. The first-order valence-electron chi connectivity index (χ1n) is 8.90. The molecule has 1 atom stereocenters. The highest BCUT2D eigenvalue weighted by Gasteiger charge is 2.34. The highest BCUT2D eigenvalue weighted by atomic mass is 79.9. The molecule has 2 N–H and O–H groups in total. The van der Waals surface area contributed by atoms with E-state index in [-0.39, 0.29) is 18.9 Å². The Balaban J connectivity index is 1.43. The molecular formula is C20H19BrClN3O4. The quantitative estimate of drug-likeness (QED) is 0.622. The van der Waals surface area contributed by atoms with E-state index in [4.69, 9.17) is 16.3 Å². The molecule has 0 aromatic heterocycles. The summed E-state index contributed by atoms with van der Waals surface area (Å²) in [4.78, 5) is 38.0. The van der Waals surface area contributed by atoms with Crippen molar-refractivity contribution in [1.29, 1.82) is 0 Å². The van der Waals surface area contributed by atoms with Crippen LogP contribution in [0, 0.1) is 5.92 Å². The molecule has 152 valence electrons. The van der Waals surface area contributed by atoms with Crippen molar-refractivity contribution in [2.24, 2.45) is 5.92 Å². The van der Waals surface area contributed by atoms with Crippen molar-refractivity contribution in [3.63, 3.8) is 0 Å². The van der Waals surface area contributed by atoms with Gasteiger partial charge in [-0.25, -0.2) is 0 Å². The van der Waals surface area contributed by atoms with Crippen molar-refractivity contribution in [1.82, 2.24) is 15.8 Å². The molecule has 1 unspecified atom stereocenters. The van der Waals surface area contributed by atoms with Gasteiger partial charge in [-0.05, 0) is 39.7 Å². The third-order valence-electron chi connectivity index (χ3n) is 4.38. The fourth-order valence-electron chi connectivity index (χ4n) is 2.91. The molecule has 1 fully saturated rings. The van der Waals surface area contributed by atoms with E-state index in [0.29, 0.717) is 28.3 Å². The summed E-state index contributed by atoms with van der Waals surface area (Å²) in [7, 11) is 0. The van der Waals surface area contributed by atoms with Gasteiger partial charge in [-0.15, -0.1) is 0 Å². The molecule has 1 aliphatic rings. The largest absolute Gasteiger partial charge is 0.483 e. The minimum Gasteiger partial charge on any atom is -0.483 e. The molecule has 1 saturated heterocycles. The highest BCUT2D eigenvalue weighted by Crippen LogP contribution is 2.27. The molecule has 7 nitrogen and oxygen atoms in total. The number of hydrogen-bond acceptors (Lipinski definition) is 4. The number of halogens is 2. The van der Waals surface area contributed by atoms with E-state index < -0.39 is 17.7 Å². The Morgan fingerprint density at radius 2 is 1.93 bits per heavy atom. The number of benzene rings is 2. The second kappa shape index (κ2) is 9.76. The average molecular weight is 481 g/mol. The van der Waals surface area contributed by atoms with Crippen LogP contribution in [0.3, 0.4) is 0 Å². The molecule has 0 spiro atoms. The lowest BCUT2D eigenvalue weighted by atomic mass is 10.1. The zero-order valence-corrected chi connectivity index (χ0v) is 17.7. The van der Waals surface area contributed by atoms with Gasteiger partial charge in [-0.1, -0.05) is 41.9 Å². The average Bonchev–Trinajstić information content (AvgIpc) is 3.06. The first-order chi connectivity index (χ1) is 13.9. The number of nitrogens with one attached hydrogen (secondary N) is 2. The Morgan fingerprint density at radius 3 is 2.66 bits per heavy atom. The van der Waals surface area contributed by atoms with Crippen LogP contribution >= 0.6 is 27.5 Å². The summed E-state index contributed by atoms with van der Waals surface area (Å²) in [5, 5.41) is 0.536. The molecule has 0 aliphatic carbocycles. The summed E-state index contributed by atoms with van der Waals surface area (Å²) in [6.07, 6.45) is 0.114. The van der Waals surface area contributed by atoms with Crippen molar-refractivity contribution < 1.29 is 19.1 Å². The van der Waals surface area contributed by atoms with Gasteiger partial charge in [0, 0.05) is 24.5 Å². The smallest absolute Gasteiger partial charge is 0.276 e. The number of nitrogens with zero attached hydrogens (tertiary/aromatic N) is 1. The van der Waals surface area contributed by atoms with Crippen molar-refractivity contribution in [2.45, 2.75) is 13.0 Å². The SMILES string of the molecule is O=C(COc1ccc(Cl)cc1Br)NNC(=O)C1CC(=O)N(Cc2ccccc2)C1. The van der Waals surface area contributed by atoms with Gasteiger partial charge in [0.25, 0.3) is 5.91 Å². The number of ether oxygens (including phenoxy) is 1. The van der Waals surface area contributed by atoms with Gasteiger partial charge >= 0.3 is 0 Å². The van der Waals surface area contributed by atoms with Gasteiger partial charge in [0.2, 0.25) is 11.8 Å². The monoisotopic (exact) mass is 479 g/mol. The van der Waals surface area contributed by atoms with Crippen LogP contribution < -0.4 is 15.6 Å². The van der Waals surface area contributed by atoms with Gasteiger partial charge in [-0.2, -0.15) is 0 Å². The van der Waals surface area contributed by atoms with E-state index in [1.165, 1.54) is 0 Å². The predicted octanol–water partition coefficient (Wildman–Crippen LogP) is 2.68. The third-order valence-corrected chi connectivity index (χ3v) is 5.23. The molecule has 2 aromatic carbocycles. The third kappa shape index (κ3) is 5.95. The fourth-order valence-corrected chi connectivity index (χ4v) is 3.71. The van der Waals surface area contributed by atoms with E-state index in [9.17, 15) is 14.4 Å². The maximum Gasteiger partial charge on any atom is 0.276 e. The molecule has 0 saturated carbocycles. The Kier molecular flexibility index (Phi) is 7.11. The van der Waals surface area contributed by atoms with Gasteiger partial charge in [-0.3, -0.25) is 25.2 Å². The lowest BCUT2D eigenvalue weighted by molar-refractivity contribution is -0.132. The number of amides is 3. The predicted molar refractivity (Wildman–Crippen MR) is 111 cm³/mol. The van der Waals surface area contributed by atoms with Gasteiger partial charge in [0.1, 0.15) is 5.75 Å². The Morgan fingerprint density at radius 1 is 1.17 bits per heavy atom. The lowest BCUT2D eigenvalue weighted by Crippen LogP contribution is -2.46.